The Bertz CT molecular complexity index is 378. The van der Waals surface area contributed by atoms with E-state index in [0.29, 0.717) is 11.6 Å². The molecule has 1 aromatic rings. The zero-order valence-electron chi connectivity index (χ0n) is 8.02. The highest BCUT2D eigenvalue weighted by Crippen LogP contribution is 2.34. The molecule has 1 heterocycles. The molecule has 1 aromatic carbocycles. The molecular weight excluding hydrogens is 216 g/mol. The maximum absolute atomic E-state index is 11.0. The van der Waals surface area contributed by atoms with Crippen LogP contribution < -0.4 is 0 Å². The average molecular weight is 227 g/mol. The van der Waals surface area contributed by atoms with Crippen molar-refractivity contribution in [1.82, 2.24) is 0 Å². The van der Waals surface area contributed by atoms with Crippen molar-refractivity contribution in [2.45, 2.75) is 5.92 Å². The lowest BCUT2D eigenvalue weighted by Crippen LogP contribution is -2.20. The molecule has 1 aliphatic heterocycles. The number of benzene rings is 1. The molecule has 1 aliphatic rings. The van der Waals surface area contributed by atoms with Gasteiger partial charge in [0.05, 0.1) is 19.1 Å². The second kappa shape index (κ2) is 4.21. The summed E-state index contributed by atoms with van der Waals surface area (Å²) in [7, 11) is 0. The maximum atomic E-state index is 11.0. The fourth-order valence-electron chi connectivity index (χ4n) is 1.88. The average Bonchev–Trinajstić information content (AvgIpc) is 2.67. The van der Waals surface area contributed by atoms with E-state index in [1.54, 1.807) is 6.07 Å². The Morgan fingerprint density at radius 3 is 2.80 bits per heavy atom. The molecular formula is C11H11ClO3. The standard InChI is InChI=1S/C11H11ClO3/c12-10-4-2-1-3-7(10)8-5-15-6-9(8)11(13)14/h1-4,8-9H,5-6H2,(H,13,14). The molecule has 2 rings (SSSR count). The third-order valence-corrected chi connectivity index (χ3v) is 3.05. The summed E-state index contributed by atoms with van der Waals surface area (Å²) < 4.78 is 5.20. The van der Waals surface area contributed by atoms with Crippen molar-refractivity contribution in [2.75, 3.05) is 13.2 Å². The second-order valence-electron chi connectivity index (χ2n) is 3.61. The van der Waals surface area contributed by atoms with Gasteiger partial charge in [-0.3, -0.25) is 4.79 Å². The number of rotatable bonds is 2. The zero-order valence-corrected chi connectivity index (χ0v) is 8.78. The zero-order chi connectivity index (χ0) is 10.8. The molecule has 0 radical (unpaired) electrons. The van der Waals surface area contributed by atoms with Gasteiger partial charge in [-0.15, -0.1) is 0 Å². The third kappa shape index (κ3) is 1.98. The summed E-state index contributed by atoms with van der Waals surface area (Å²) in [4.78, 5) is 11.0. The Balaban J connectivity index is 2.30. The first kappa shape index (κ1) is 10.5. The Morgan fingerprint density at radius 1 is 1.40 bits per heavy atom. The molecule has 1 fully saturated rings. The number of aliphatic carboxylic acids is 1. The highest BCUT2D eigenvalue weighted by molar-refractivity contribution is 6.31. The van der Waals surface area contributed by atoms with Gasteiger partial charge >= 0.3 is 5.97 Å². The van der Waals surface area contributed by atoms with Crippen molar-refractivity contribution >= 4 is 17.6 Å². The van der Waals surface area contributed by atoms with Crippen LogP contribution in [-0.2, 0) is 9.53 Å². The predicted octanol–water partition coefficient (Wildman–Crippen LogP) is 2.15. The lowest BCUT2D eigenvalue weighted by molar-refractivity contribution is -0.142. The van der Waals surface area contributed by atoms with Crippen LogP contribution in [-0.4, -0.2) is 24.3 Å². The minimum Gasteiger partial charge on any atom is -0.481 e. The van der Waals surface area contributed by atoms with E-state index in [9.17, 15) is 4.79 Å². The quantitative estimate of drug-likeness (QED) is 0.841. The van der Waals surface area contributed by atoms with Crippen molar-refractivity contribution < 1.29 is 14.6 Å². The van der Waals surface area contributed by atoms with Gasteiger partial charge in [-0.1, -0.05) is 29.8 Å². The van der Waals surface area contributed by atoms with Gasteiger partial charge < -0.3 is 9.84 Å². The highest BCUT2D eigenvalue weighted by atomic mass is 35.5. The fraction of sp³-hybridized carbons (Fsp3) is 0.364. The molecule has 0 spiro atoms. The minimum absolute atomic E-state index is 0.129. The van der Waals surface area contributed by atoms with Crippen LogP contribution in [0.5, 0.6) is 0 Å². The molecule has 0 saturated carbocycles. The Labute approximate surface area is 92.6 Å². The molecule has 15 heavy (non-hydrogen) atoms. The van der Waals surface area contributed by atoms with Crippen molar-refractivity contribution in [3.8, 4) is 0 Å². The first-order chi connectivity index (χ1) is 7.20. The normalized spacial score (nSPS) is 25.4. The van der Waals surface area contributed by atoms with Crippen LogP contribution in [0.2, 0.25) is 5.02 Å². The van der Waals surface area contributed by atoms with E-state index in [0.717, 1.165) is 5.56 Å². The molecule has 2 atom stereocenters. The monoisotopic (exact) mass is 226 g/mol. The van der Waals surface area contributed by atoms with Crippen molar-refractivity contribution in [2.24, 2.45) is 5.92 Å². The van der Waals surface area contributed by atoms with Crippen molar-refractivity contribution in [3.63, 3.8) is 0 Å². The smallest absolute Gasteiger partial charge is 0.309 e. The van der Waals surface area contributed by atoms with E-state index in [1.165, 1.54) is 0 Å². The minimum atomic E-state index is -0.822. The van der Waals surface area contributed by atoms with E-state index < -0.39 is 11.9 Å². The predicted molar refractivity (Wildman–Crippen MR) is 56.1 cm³/mol. The van der Waals surface area contributed by atoms with Crippen LogP contribution in [0.1, 0.15) is 11.5 Å². The van der Waals surface area contributed by atoms with Gasteiger partial charge in [-0.25, -0.2) is 0 Å². The van der Waals surface area contributed by atoms with Crippen LogP contribution in [0.25, 0.3) is 0 Å². The summed E-state index contributed by atoms with van der Waals surface area (Å²) in [6, 6.07) is 7.32. The summed E-state index contributed by atoms with van der Waals surface area (Å²) in [5.41, 5.74) is 0.865. The van der Waals surface area contributed by atoms with Gasteiger partial charge in [0.15, 0.2) is 0 Å². The van der Waals surface area contributed by atoms with E-state index in [2.05, 4.69) is 0 Å². The van der Waals surface area contributed by atoms with Crippen LogP contribution >= 0.6 is 11.6 Å². The fourth-order valence-corrected chi connectivity index (χ4v) is 2.16. The summed E-state index contributed by atoms with van der Waals surface area (Å²) in [6.45, 7) is 0.700. The Kier molecular flexibility index (Phi) is 2.93. The molecule has 0 aliphatic carbocycles. The van der Waals surface area contributed by atoms with Gasteiger partial charge in [-0.2, -0.15) is 0 Å². The topological polar surface area (TPSA) is 46.5 Å². The van der Waals surface area contributed by atoms with Crippen LogP contribution in [0, 0.1) is 5.92 Å². The van der Waals surface area contributed by atoms with E-state index >= 15 is 0 Å². The SMILES string of the molecule is O=C(O)C1COCC1c1ccccc1Cl. The first-order valence-corrected chi connectivity index (χ1v) is 5.13. The van der Waals surface area contributed by atoms with Crippen molar-refractivity contribution in [3.05, 3.63) is 34.9 Å². The second-order valence-corrected chi connectivity index (χ2v) is 4.02. The molecule has 80 valence electrons. The maximum Gasteiger partial charge on any atom is 0.309 e. The highest BCUT2D eigenvalue weighted by Gasteiger charge is 2.35. The van der Waals surface area contributed by atoms with Crippen LogP contribution in [0.15, 0.2) is 24.3 Å². The van der Waals surface area contributed by atoms with Gasteiger partial charge in [0.25, 0.3) is 0 Å². The van der Waals surface area contributed by atoms with E-state index in [1.807, 2.05) is 18.2 Å². The molecule has 1 N–H and O–H groups in total. The largest absolute Gasteiger partial charge is 0.481 e. The van der Waals surface area contributed by atoms with E-state index in [4.69, 9.17) is 21.4 Å². The summed E-state index contributed by atoms with van der Waals surface area (Å²) in [5.74, 6) is -1.43. The number of ether oxygens (including phenoxy) is 1. The van der Waals surface area contributed by atoms with E-state index in [-0.39, 0.29) is 12.5 Å². The van der Waals surface area contributed by atoms with Crippen LogP contribution in [0.4, 0.5) is 0 Å². The van der Waals surface area contributed by atoms with Crippen LogP contribution in [0.3, 0.4) is 0 Å². The summed E-state index contributed by atoms with van der Waals surface area (Å²) >= 11 is 6.03. The lowest BCUT2D eigenvalue weighted by Gasteiger charge is -2.15. The molecule has 0 aromatic heterocycles. The molecule has 0 bridgehead atoms. The van der Waals surface area contributed by atoms with Gasteiger partial charge in [0.2, 0.25) is 0 Å². The number of hydrogen-bond donors (Lipinski definition) is 1. The molecule has 1 saturated heterocycles. The molecule has 2 unspecified atom stereocenters. The number of carboxylic acid groups (broad SMARTS) is 1. The van der Waals surface area contributed by atoms with Gasteiger partial charge in [0, 0.05) is 10.9 Å². The third-order valence-electron chi connectivity index (χ3n) is 2.70. The summed E-state index contributed by atoms with van der Waals surface area (Å²) in [6.07, 6.45) is 0. The van der Waals surface area contributed by atoms with Gasteiger partial charge in [0.1, 0.15) is 0 Å². The van der Waals surface area contributed by atoms with Crippen molar-refractivity contribution in [1.29, 1.82) is 0 Å². The number of carboxylic acids is 1. The van der Waals surface area contributed by atoms with Gasteiger partial charge in [-0.05, 0) is 11.6 Å². The number of hydrogen-bond acceptors (Lipinski definition) is 2. The first-order valence-electron chi connectivity index (χ1n) is 4.75. The number of carbonyl (C=O) groups is 1. The Hall–Kier alpha value is -1.06. The molecule has 4 heteroatoms. The lowest BCUT2D eigenvalue weighted by atomic mass is 9.89. The summed E-state index contributed by atoms with van der Waals surface area (Å²) in [5, 5.41) is 9.62. The molecule has 0 amide bonds. The molecule has 3 nitrogen and oxygen atoms in total. The number of halogens is 1. The Morgan fingerprint density at radius 2 is 2.13 bits per heavy atom.